The molecule has 4 heterocycles. The fourth-order valence-corrected chi connectivity index (χ4v) is 3.95. The van der Waals surface area contributed by atoms with Crippen molar-refractivity contribution in [1.29, 1.82) is 0 Å². The van der Waals surface area contributed by atoms with Crippen LogP contribution in [-0.4, -0.2) is 58.9 Å². The van der Waals surface area contributed by atoms with Gasteiger partial charge in [0.05, 0.1) is 36.4 Å². The third-order valence-corrected chi connectivity index (χ3v) is 5.45. The number of carboxylic acids is 1. The van der Waals surface area contributed by atoms with E-state index in [-0.39, 0.29) is 5.56 Å². The highest BCUT2D eigenvalue weighted by Crippen LogP contribution is 2.39. The van der Waals surface area contributed by atoms with Crippen LogP contribution < -0.4 is 9.80 Å². The molecule has 0 saturated carbocycles. The van der Waals surface area contributed by atoms with E-state index in [1.807, 2.05) is 24.4 Å². The first-order valence-electron chi connectivity index (χ1n) is 9.95. The maximum Gasteiger partial charge on any atom is 0.335 e. The second-order valence-corrected chi connectivity index (χ2v) is 7.27. The lowest BCUT2D eigenvalue weighted by Gasteiger charge is -2.28. The van der Waals surface area contributed by atoms with E-state index < -0.39 is 5.97 Å². The third kappa shape index (κ3) is 3.35. The van der Waals surface area contributed by atoms with Gasteiger partial charge in [0, 0.05) is 37.0 Å². The van der Waals surface area contributed by atoms with Gasteiger partial charge >= 0.3 is 5.97 Å². The Morgan fingerprint density at radius 1 is 1.07 bits per heavy atom. The van der Waals surface area contributed by atoms with Gasteiger partial charge in [-0.3, -0.25) is 4.98 Å². The number of benzene rings is 1. The van der Waals surface area contributed by atoms with Gasteiger partial charge in [0.1, 0.15) is 5.82 Å². The van der Waals surface area contributed by atoms with Gasteiger partial charge < -0.3 is 19.6 Å². The molecule has 2 aliphatic rings. The molecule has 0 bridgehead atoms. The summed E-state index contributed by atoms with van der Waals surface area (Å²) >= 11 is 0. The number of pyridine rings is 1. The van der Waals surface area contributed by atoms with Gasteiger partial charge in [0.2, 0.25) is 5.95 Å². The quantitative estimate of drug-likeness (QED) is 0.711. The van der Waals surface area contributed by atoms with Crippen molar-refractivity contribution in [3.05, 3.63) is 59.9 Å². The Morgan fingerprint density at radius 3 is 2.70 bits per heavy atom. The predicted molar refractivity (Wildman–Crippen MR) is 112 cm³/mol. The van der Waals surface area contributed by atoms with Gasteiger partial charge in [0.25, 0.3) is 0 Å². The topological polar surface area (TPSA) is 91.7 Å². The molecule has 152 valence electrons. The maximum atomic E-state index is 11.5. The van der Waals surface area contributed by atoms with E-state index in [4.69, 9.17) is 14.7 Å². The lowest BCUT2D eigenvalue weighted by atomic mass is 10.0. The van der Waals surface area contributed by atoms with E-state index >= 15 is 0 Å². The van der Waals surface area contributed by atoms with Gasteiger partial charge in [-0.15, -0.1) is 0 Å². The van der Waals surface area contributed by atoms with Crippen molar-refractivity contribution < 1.29 is 14.6 Å². The van der Waals surface area contributed by atoms with Crippen molar-refractivity contribution in [3.63, 3.8) is 0 Å². The van der Waals surface area contributed by atoms with Gasteiger partial charge in [-0.05, 0) is 30.7 Å². The number of rotatable bonds is 4. The molecule has 1 aromatic carbocycles. The van der Waals surface area contributed by atoms with Crippen LogP contribution in [-0.2, 0) is 11.2 Å². The minimum absolute atomic E-state index is 0.245. The molecule has 3 aromatic rings. The number of anilines is 3. The van der Waals surface area contributed by atoms with Crippen LogP contribution in [0.25, 0.3) is 11.3 Å². The first kappa shape index (κ1) is 18.5. The van der Waals surface area contributed by atoms with E-state index in [0.29, 0.717) is 19.2 Å². The lowest BCUT2D eigenvalue weighted by Crippen LogP contribution is -2.37. The minimum atomic E-state index is -0.951. The molecule has 2 aromatic heterocycles. The first-order chi connectivity index (χ1) is 14.7. The van der Waals surface area contributed by atoms with Crippen LogP contribution in [0.15, 0.2) is 48.8 Å². The molecule has 1 N–H and O–H groups in total. The minimum Gasteiger partial charge on any atom is -0.478 e. The molecular weight excluding hydrogens is 382 g/mol. The Bertz CT molecular complexity index is 1080. The molecule has 8 nitrogen and oxygen atoms in total. The Kier molecular flexibility index (Phi) is 4.76. The molecule has 0 amide bonds. The van der Waals surface area contributed by atoms with E-state index in [0.717, 1.165) is 54.4 Å². The van der Waals surface area contributed by atoms with Crippen LogP contribution in [0.5, 0.6) is 0 Å². The Labute approximate surface area is 173 Å². The summed E-state index contributed by atoms with van der Waals surface area (Å²) in [4.78, 5) is 29.8. The smallest absolute Gasteiger partial charge is 0.335 e. The predicted octanol–water partition coefficient (Wildman–Crippen LogP) is 2.77. The average molecular weight is 403 g/mol. The zero-order valence-corrected chi connectivity index (χ0v) is 16.4. The number of aromatic carboxylic acids is 1. The molecule has 0 unspecified atom stereocenters. The van der Waals surface area contributed by atoms with E-state index in [2.05, 4.69) is 14.8 Å². The first-order valence-corrected chi connectivity index (χ1v) is 9.95. The zero-order valence-electron chi connectivity index (χ0n) is 16.4. The number of aromatic nitrogens is 3. The van der Waals surface area contributed by atoms with Crippen LogP contribution in [0.1, 0.15) is 15.9 Å². The molecule has 5 rings (SSSR count). The summed E-state index contributed by atoms with van der Waals surface area (Å²) in [5.74, 6) is 0.548. The van der Waals surface area contributed by atoms with E-state index in [9.17, 15) is 9.90 Å². The van der Waals surface area contributed by atoms with Crippen molar-refractivity contribution in [1.82, 2.24) is 15.0 Å². The van der Waals surface area contributed by atoms with Crippen LogP contribution >= 0.6 is 0 Å². The van der Waals surface area contributed by atoms with Crippen LogP contribution in [0.3, 0.4) is 0 Å². The van der Waals surface area contributed by atoms with Crippen molar-refractivity contribution in [3.8, 4) is 11.3 Å². The second kappa shape index (κ2) is 7.72. The highest BCUT2D eigenvalue weighted by Gasteiger charge is 2.29. The van der Waals surface area contributed by atoms with Gasteiger partial charge in [-0.25, -0.2) is 9.78 Å². The second-order valence-electron chi connectivity index (χ2n) is 7.27. The number of hydrogen-bond acceptors (Lipinski definition) is 7. The van der Waals surface area contributed by atoms with Crippen molar-refractivity contribution in [2.24, 2.45) is 0 Å². The summed E-state index contributed by atoms with van der Waals surface area (Å²) in [5.41, 5.74) is 3.83. The van der Waals surface area contributed by atoms with Gasteiger partial charge in [-0.1, -0.05) is 12.1 Å². The lowest BCUT2D eigenvalue weighted by molar-refractivity contribution is 0.0697. The van der Waals surface area contributed by atoms with E-state index in [1.165, 1.54) is 0 Å². The molecule has 1 fully saturated rings. The van der Waals surface area contributed by atoms with Gasteiger partial charge in [0.15, 0.2) is 0 Å². The normalized spacial score (nSPS) is 15.9. The Balaban J connectivity index is 1.66. The third-order valence-electron chi connectivity index (χ3n) is 5.45. The highest BCUT2D eigenvalue weighted by molar-refractivity contribution is 5.90. The molecule has 0 atom stereocenters. The number of morpholine rings is 1. The number of nitrogens with zero attached hydrogens (tertiary/aromatic N) is 5. The van der Waals surface area contributed by atoms with Crippen molar-refractivity contribution in [2.75, 3.05) is 42.6 Å². The summed E-state index contributed by atoms with van der Waals surface area (Å²) < 4.78 is 5.48. The monoisotopic (exact) mass is 403 g/mol. The molecule has 0 aliphatic carbocycles. The number of carboxylic acid groups (broad SMARTS) is 1. The van der Waals surface area contributed by atoms with Crippen molar-refractivity contribution in [2.45, 2.75) is 6.42 Å². The molecular formula is C22H21N5O3. The van der Waals surface area contributed by atoms with Gasteiger partial charge in [-0.2, -0.15) is 4.98 Å². The summed E-state index contributed by atoms with van der Waals surface area (Å²) in [5, 5.41) is 9.43. The zero-order chi connectivity index (χ0) is 20.5. The average Bonchev–Trinajstić information content (AvgIpc) is 3.24. The fourth-order valence-electron chi connectivity index (χ4n) is 3.95. The fraction of sp³-hybridized carbons (Fsp3) is 0.273. The largest absolute Gasteiger partial charge is 0.478 e. The van der Waals surface area contributed by atoms with E-state index in [1.54, 1.807) is 24.4 Å². The number of carbonyl (C=O) groups is 1. The van der Waals surface area contributed by atoms with Crippen LogP contribution in [0, 0.1) is 0 Å². The molecule has 30 heavy (non-hydrogen) atoms. The molecule has 0 spiro atoms. The maximum absolute atomic E-state index is 11.5. The molecule has 0 radical (unpaired) electrons. The standard InChI is InChI=1S/C22H21N5O3/c28-21(29)16-4-1-3-15(13-16)19-18-6-8-27(17-5-2-7-23-14-17)20(18)25-22(24-19)26-9-11-30-12-10-26/h1-5,7,13-14H,6,8-12H2,(H,28,29). The molecule has 8 heteroatoms. The SMILES string of the molecule is O=C(O)c1cccc(-c2nc(N3CCOCC3)nc3c2CCN3c2cccnc2)c1. The molecule has 1 saturated heterocycles. The number of hydrogen-bond donors (Lipinski definition) is 1. The van der Waals surface area contributed by atoms with Crippen molar-refractivity contribution >= 4 is 23.4 Å². The summed E-state index contributed by atoms with van der Waals surface area (Å²) in [6.07, 6.45) is 4.36. The molecule has 2 aliphatic heterocycles. The Hall–Kier alpha value is -3.52. The van der Waals surface area contributed by atoms with Crippen LogP contribution in [0.4, 0.5) is 17.5 Å². The highest BCUT2D eigenvalue weighted by atomic mass is 16.5. The summed E-state index contributed by atoms with van der Waals surface area (Å²) in [6.45, 7) is 3.49. The number of fused-ring (bicyclic) bond motifs is 1. The summed E-state index contributed by atoms with van der Waals surface area (Å²) in [7, 11) is 0. The number of ether oxygens (including phenoxy) is 1. The Morgan fingerprint density at radius 2 is 1.93 bits per heavy atom. The summed E-state index contributed by atoms with van der Waals surface area (Å²) in [6, 6.07) is 10.9. The van der Waals surface area contributed by atoms with Crippen LogP contribution in [0.2, 0.25) is 0 Å².